The maximum Gasteiger partial charge on any atom is 0.226 e. The molecule has 1 aliphatic rings. The Kier molecular flexibility index (Phi) is 6.96. The molecule has 1 aromatic heterocycles. The molecule has 7 heteroatoms. The van der Waals surface area contributed by atoms with Crippen LogP contribution in [0.25, 0.3) is 10.9 Å². The Morgan fingerprint density at radius 1 is 1.03 bits per heavy atom. The largest absolute Gasteiger partial charge is 0.493 e. The summed E-state index contributed by atoms with van der Waals surface area (Å²) in [5.74, 6) is 2.32. The molecule has 1 fully saturated rings. The van der Waals surface area contributed by atoms with Gasteiger partial charge in [0.25, 0.3) is 0 Å². The molecule has 2 heterocycles. The van der Waals surface area contributed by atoms with Crippen LogP contribution in [0.5, 0.6) is 11.5 Å². The van der Waals surface area contributed by atoms with Crippen molar-refractivity contribution in [1.82, 2.24) is 15.3 Å². The van der Waals surface area contributed by atoms with E-state index >= 15 is 0 Å². The molecule has 0 saturated carbocycles. The third kappa shape index (κ3) is 5.18. The molecule has 3 aromatic rings. The number of carbonyl (C=O) groups excluding carboxylic acids is 1. The van der Waals surface area contributed by atoms with Crippen LogP contribution in [0, 0.1) is 19.8 Å². The van der Waals surface area contributed by atoms with E-state index in [2.05, 4.69) is 35.3 Å². The van der Waals surface area contributed by atoms with Crippen molar-refractivity contribution in [2.24, 2.45) is 5.92 Å². The molecule has 0 atom stereocenters. The number of rotatable bonds is 7. The number of aryl methyl sites for hydroxylation is 2. The minimum Gasteiger partial charge on any atom is -0.493 e. The number of ether oxygens (including phenoxy) is 2. The van der Waals surface area contributed by atoms with Gasteiger partial charge in [0.2, 0.25) is 11.9 Å². The molecule has 1 N–H and O–H groups in total. The fourth-order valence-corrected chi connectivity index (χ4v) is 4.38. The van der Waals surface area contributed by atoms with Crippen LogP contribution in [0.3, 0.4) is 0 Å². The van der Waals surface area contributed by atoms with Gasteiger partial charge in [0, 0.05) is 30.9 Å². The molecule has 0 bridgehead atoms. The number of aromatic nitrogens is 2. The van der Waals surface area contributed by atoms with Gasteiger partial charge >= 0.3 is 0 Å². The standard InChI is InChI=1S/C26H32N4O3/c1-17-5-7-21-18(2)28-26(29-22(21)15-17)30-13-10-20(11-14-30)25(31)27-12-9-19-6-8-23(32-3)24(16-19)33-4/h5-8,15-16,20H,9-14H2,1-4H3,(H,27,31). The maximum atomic E-state index is 12.7. The fraction of sp³-hybridized carbons (Fsp3) is 0.423. The van der Waals surface area contributed by atoms with E-state index in [1.807, 2.05) is 25.1 Å². The lowest BCUT2D eigenvalue weighted by Crippen LogP contribution is -2.41. The molecule has 2 aromatic carbocycles. The molecule has 0 radical (unpaired) electrons. The van der Waals surface area contributed by atoms with Gasteiger partial charge in [-0.15, -0.1) is 0 Å². The van der Waals surface area contributed by atoms with Crippen LogP contribution in [0.1, 0.15) is 29.7 Å². The van der Waals surface area contributed by atoms with Crippen LogP contribution < -0.4 is 19.7 Å². The highest BCUT2D eigenvalue weighted by Crippen LogP contribution is 2.28. The summed E-state index contributed by atoms with van der Waals surface area (Å²) in [4.78, 5) is 24.4. The average Bonchev–Trinajstić information content (AvgIpc) is 2.83. The number of fused-ring (bicyclic) bond motifs is 1. The number of benzene rings is 2. The highest BCUT2D eigenvalue weighted by atomic mass is 16.5. The molecule has 4 rings (SSSR count). The van der Waals surface area contributed by atoms with Gasteiger partial charge in [-0.25, -0.2) is 9.97 Å². The van der Waals surface area contributed by atoms with Crippen molar-refractivity contribution in [2.75, 3.05) is 38.8 Å². The van der Waals surface area contributed by atoms with Crippen LogP contribution in [-0.4, -0.2) is 49.7 Å². The number of hydrogen-bond acceptors (Lipinski definition) is 6. The molecular formula is C26H32N4O3. The fourth-order valence-electron chi connectivity index (χ4n) is 4.38. The number of nitrogens with zero attached hydrogens (tertiary/aromatic N) is 3. The number of hydrogen-bond donors (Lipinski definition) is 1. The van der Waals surface area contributed by atoms with Crippen LogP contribution in [-0.2, 0) is 11.2 Å². The predicted molar refractivity (Wildman–Crippen MR) is 130 cm³/mol. The van der Waals surface area contributed by atoms with Crippen molar-refractivity contribution < 1.29 is 14.3 Å². The summed E-state index contributed by atoms with van der Waals surface area (Å²) in [7, 11) is 3.25. The first-order valence-electron chi connectivity index (χ1n) is 11.5. The Morgan fingerprint density at radius 2 is 1.79 bits per heavy atom. The summed E-state index contributed by atoms with van der Waals surface area (Å²) in [5, 5.41) is 4.19. The summed E-state index contributed by atoms with van der Waals surface area (Å²) in [5.41, 5.74) is 4.26. The van der Waals surface area contributed by atoms with E-state index < -0.39 is 0 Å². The lowest BCUT2D eigenvalue weighted by molar-refractivity contribution is -0.125. The van der Waals surface area contributed by atoms with Crippen molar-refractivity contribution >= 4 is 22.8 Å². The number of anilines is 1. The van der Waals surface area contributed by atoms with Gasteiger partial charge in [-0.2, -0.15) is 0 Å². The molecule has 1 amide bonds. The SMILES string of the molecule is COc1ccc(CCNC(=O)C2CCN(c3nc(C)c4ccc(C)cc4n3)CC2)cc1OC. The average molecular weight is 449 g/mol. The highest BCUT2D eigenvalue weighted by Gasteiger charge is 2.26. The van der Waals surface area contributed by atoms with Crippen molar-refractivity contribution in [3.05, 3.63) is 53.2 Å². The van der Waals surface area contributed by atoms with Gasteiger partial charge < -0.3 is 19.7 Å². The molecule has 0 unspecified atom stereocenters. The Labute approximate surface area is 195 Å². The molecule has 1 aliphatic heterocycles. The second kappa shape index (κ2) is 10.1. The zero-order chi connectivity index (χ0) is 23.4. The molecule has 1 saturated heterocycles. The maximum absolute atomic E-state index is 12.7. The smallest absolute Gasteiger partial charge is 0.226 e. The quantitative estimate of drug-likeness (QED) is 0.592. The Bertz CT molecular complexity index is 1140. The van der Waals surface area contributed by atoms with Crippen LogP contribution >= 0.6 is 0 Å². The van der Waals surface area contributed by atoms with Crippen molar-refractivity contribution in [3.8, 4) is 11.5 Å². The zero-order valence-corrected chi connectivity index (χ0v) is 19.9. The summed E-state index contributed by atoms with van der Waals surface area (Å²) in [6, 6.07) is 12.1. The summed E-state index contributed by atoms with van der Waals surface area (Å²) < 4.78 is 10.6. The minimum atomic E-state index is 0.0236. The predicted octanol–water partition coefficient (Wildman–Crippen LogP) is 3.84. The normalized spacial score (nSPS) is 14.4. The van der Waals surface area contributed by atoms with E-state index in [0.29, 0.717) is 18.0 Å². The number of amides is 1. The number of piperidine rings is 1. The highest BCUT2D eigenvalue weighted by molar-refractivity contribution is 5.82. The van der Waals surface area contributed by atoms with E-state index in [1.165, 1.54) is 5.56 Å². The third-order valence-electron chi connectivity index (χ3n) is 6.34. The van der Waals surface area contributed by atoms with Gasteiger partial charge in [0.15, 0.2) is 11.5 Å². The summed E-state index contributed by atoms with van der Waals surface area (Å²) >= 11 is 0. The third-order valence-corrected chi connectivity index (χ3v) is 6.34. The van der Waals surface area contributed by atoms with E-state index in [1.54, 1.807) is 14.2 Å². The van der Waals surface area contributed by atoms with Crippen LogP contribution in [0.2, 0.25) is 0 Å². The minimum absolute atomic E-state index is 0.0236. The van der Waals surface area contributed by atoms with Crippen molar-refractivity contribution in [2.45, 2.75) is 33.1 Å². The van der Waals surface area contributed by atoms with E-state index in [0.717, 1.165) is 60.5 Å². The van der Waals surface area contributed by atoms with Crippen molar-refractivity contribution in [1.29, 1.82) is 0 Å². The van der Waals surface area contributed by atoms with Gasteiger partial charge in [0.05, 0.1) is 25.4 Å². The van der Waals surface area contributed by atoms with Crippen molar-refractivity contribution in [3.63, 3.8) is 0 Å². The Hall–Kier alpha value is -3.35. The van der Waals surface area contributed by atoms with E-state index in [4.69, 9.17) is 19.4 Å². The topological polar surface area (TPSA) is 76.6 Å². The molecular weight excluding hydrogens is 416 g/mol. The van der Waals surface area contributed by atoms with E-state index in [9.17, 15) is 4.79 Å². The first kappa shape index (κ1) is 22.8. The molecule has 174 valence electrons. The van der Waals surface area contributed by atoms with Gasteiger partial charge in [-0.05, 0) is 62.4 Å². The lowest BCUT2D eigenvalue weighted by atomic mass is 9.96. The van der Waals surface area contributed by atoms with E-state index in [-0.39, 0.29) is 11.8 Å². The molecule has 33 heavy (non-hydrogen) atoms. The van der Waals surface area contributed by atoms with Crippen LogP contribution in [0.15, 0.2) is 36.4 Å². The Balaban J connectivity index is 1.30. The van der Waals surface area contributed by atoms with Gasteiger partial charge in [0.1, 0.15) is 0 Å². The number of carbonyl (C=O) groups is 1. The summed E-state index contributed by atoms with van der Waals surface area (Å²) in [6.07, 6.45) is 2.35. The number of nitrogens with one attached hydrogen (secondary N) is 1. The first-order valence-corrected chi connectivity index (χ1v) is 11.5. The number of methoxy groups -OCH3 is 2. The monoisotopic (exact) mass is 448 g/mol. The zero-order valence-electron chi connectivity index (χ0n) is 19.9. The van der Waals surface area contributed by atoms with Gasteiger partial charge in [-0.1, -0.05) is 18.2 Å². The summed E-state index contributed by atoms with van der Waals surface area (Å²) in [6.45, 7) is 6.27. The second-order valence-electron chi connectivity index (χ2n) is 8.62. The first-order chi connectivity index (χ1) is 16.0. The Morgan fingerprint density at radius 3 is 2.52 bits per heavy atom. The molecule has 0 spiro atoms. The van der Waals surface area contributed by atoms with Crippen LogP contribution in [0.4, 0.5) is 5.95 Å². The molecule has 7 nitrogen and oxygen atoms in total. The molecule has 0 aliphatic carbocycles. The lowest BCUT2D eigenvalue weighted by Gasteiger charge is -2.31. The van der Waals surface area contributed by atoms with Gasteiger partial charge in [-0.3, -0.25) is 4.79 Å². The second-order valence-corrected chi connectivity index (χ2v) is 8.62.